The van der Waals surface area contributed by atoms with Crippen LogP contribution in [0, 0.1) is 6.92 Å². The average molecular weight is 256 g/mol. The molecule has 0 spiro atoms. The van der Waals surface area contributed by atoms with Crippen molar-refractivity contribution in [3.05, 3.63) is 29.3 Å². The molecular weight excluding hydrogens is 242 g/mol. The topological polar surface area (TPSA) is 46.6 Å². The van der Waals surface area contributed by atoms with Crippen LogP contribution >= 0.6 is 11.6 Å². The number of esters is 1. The van der Waals surface area contributed by atoms with Crippen molar-refractivity contribution in [1.82, 2.24) is 0 Å². The molecule has 1 aromatic rings. The summed E-state index contributed by atoms with van der Waals surface area (Å²) in [6.45, 7) is 1.76. The predicted molar refractivity (Wildman–Crippen MR) is 66.6 cm³/mol. The Kier molecular flexibility index (Phi) is 4.52. The number of methoxy groups -OCH3 is 1. The van der Waals surface area contributed by atoms with Crippen molar-refractivity contribution in [2.75, 3.05) is 24.9 Å². The lowest BCUT2D eigenvalue weighted by Gasteiger charge is -2.19. The number of nitrogens with zero attached hydrogens (tertiary/aromatic N) is 1. The van der Waals surface area contributed by atoms with Crippen LogP contribution in [0.25, 0.3) is 0 Å². The van der Waals surface area contributed by atoms with Gasteiger partial charge in [-0.15, -0.1) is 11.6 Å². The van der Waals surface area contributed by atoms with Gasteiger partial charge < -0.3 is 9.64 Å². The summed E-state index contributed by atoms with van der Waals surface area (Å²) in [5.41, 5.74) is 1.79. The lowest BCUT2D eigenvalue weighted by molar-refractivity contribution is -0.116. The van der Waals surface area contributed by atoms with Crippen LogP contribution in [-0.2, 0) is 9.53 Å². The summed E-state index contributed by atoms with van der Waals surface area (Å²) < 4.78 is 4.67. The molecule has 1 aromatic carbocycles. The van der Waals surface area contributed by atoms with E-state index in [1.807, 2.05) is 0 Å². The van der Waals surface area contributed by atoms with E-state index >= 15 is 0 Å². The van der Waals surface area contributed by atoms with Gasteiger partial charge in [-0.2, -0.15) is 0 Å². The van der Waals surface area contributed by atoms with Crippen molar-refractivity contribution in [2.24, 2.45) is 0 Å². The summed E-state index contributed by atoms with van der Waals surface area (Å²) in [6.07, 6.45) is 0. The quantitative estimate of drug-likeness (QED) is 0.613. The highest BCUT2D eigenvalue weighted by atomic mass is 35.5. The second kappa shape index (κ2) is 5.68. The molecule has 1 amide bonds. The molecule has 0 radical (unpaired) electrons. The minimum Gasteiger partial charge on any atom is -0.465 e. The van der Waals surface area contributed by atoms with E-state index in [1.165, 1.54) is 12.0 Å². The summed E-state index contributed by atoms with van der Waals surface area (Å²) >= 11 is 5.50. The zero-order chi connectivity index (χ0) is 13.0. The van der Waals surface area contributed by atoms with Gasteiger partial charge in [0.1, 0.15) is 5.88 Å². The van der Waals surface area contributed by atoms with Crippen molar-refractivity contribution in [3.63, 3.8) is 0 Å². The molecule has 0 aromatic heterocycles. The maximum atomic E-state index is 11.5. The first-order valence-corrected chi connectivity index (χ1v) is 5.56. The molecular formula is C12H14ClNO3. The number of amides is 1. The third-order valence-corrected chi connectivity index (χ3v) is 2.79. The Balaban J connectivity index is 3.19. The number of anilines is 1. The van der Waals surface area contributed by atoms with Crippen LogP contribution in [-0.4, -0.2) is 31.9 Å². The highest BCUT2D eigenvalue weighted by molar-refractivity contribution is 6.29. The molecule has 0 saturated carbocycles. The molecule has 1 rings (SSSR count). The molecule has 0 saturated heterocycles. The number of rotatable bonds is 3. The fraction of sp³-hybridized carbons (Fsp3) is 0.333. The molecule has 0 aliphatic heterocycles. The zero-order valence-corrected chi connectivity index (χ0v) is 10.7. The van der Waals surface area contributed by atoms with Crippen LogP contribution < -0.4 is 4.90 Å². The minimum atomic E-state index is -0.420. The number of alkyl halides is 1. The number of carbonyl (C=O) groups excluding carboxylic acids is 2. The maximum Gasteiger partial charge on any atom is 0.338 e. The Morgan fingerprint density at radius 2 is 2.06 bits per heavy atom. The lowest BCUT2D eigenvalue weighted by Crippen LogP contribution is -2.28. The molecule has 5 heteroatoms. The molecule has 17 heavy (non-hydrogen) atoms. The van der Waals surface area contributed by atoms with Crippen LogP contribution in [0.2, 0.25) is 0 Å². The molecule has 0 aliphatic carbocycles. The number of hydrogen-bond acceptors (Lipinski definition) is 3. The number of hydrogen-bond donors (Lipinski definition) is 0. The summed E-state index contributed by atoms with van der Waals surface area (Å²) in [6, 6.07) is 5.11. The van der Waals surface area contributed by atoms with E-state index in [4.69, 9.17) is 11.6 Å². The number of halogens is 1. The summed E-state index contributed by atoms with van der Waals surface area (Å²) in [5, 5.41) is 0. The zero-order valence-electron chi connectivity index (χ0n) is 9.99. The van der Waals surface area contributed by atoms with Gasteiger partial charge >= 0.3 is 5.97 Å². The SMILES string of the molecule is COC(=O)c1cccc(N(C)C(=O)CCl)c1C. The second-order valence-corrected chi connectivity index (χ2v) is 3.79. The second-order valence-electron chi connectivity index (χ2n) is 3.53. The minimum absolute atomic E-state index is 0.0988. The van der Waals surface area contributed by atoms with Gasteiger partial charge in [-0.05, 0) is 24.6 Å². The van der Waals surface area contributed by atoms with Crippen LogP contribution in [0.3, 0.4) is 0 Å². The lowest BCUT2D eigenvalue weighted by atomic mass is 10.1. The molecule has 0 aliphatic rings. The number of ether oxygens (including phenoxy) is 1. The number of benzene rings is 1. The van der Waals surface area contributed by atoms with Gasteiger partial charge in [-0.1, -0.05) is 6.07 Å². The predicted octanol–water partition coefficient (Wildman–Crippen LogP) is 1.98. The Morgan fingerprint density at radius 3 is 2.59 bits per heavy atom. The van der Waals surface area contributed by atoms with Crippen molar-refractivity contribution < 1.29 is 14.3 Å². The first kappa shape index (κ1) is 13.5. The smallest absolute Gasteiger partial charge is 0.338 e. The van der Waals surface area contributed by atoms with E-state index < -0.39 is 5.97 Å². The highest BCUT2D eigenvalue weighted by Crippen LogP contribution is 2.23. The van der Waals surface area contributed by atoms with Gasteiger partial charge in [0.05, 0.1) is 12.7 Å². The summed E-state index contributed by atoms with van der Waals surface area (Å²) in [7, 11) is 2.94. The first-order chi connectivity index (χ1) is 8.02. The maximum absolute atomic E-state index is 11.5. The molecule has 0 N–H and O–H groups in total. The van der Waals surface area contributed by atoms with E-state index in [2.05, 4.69) is 4.74 Å². The van der Waals surface area contributed by atoms with Crippen molar-refractivity contribution in [1.29, 1.82) is 0 Å². The van der Waals surface area contributed by atoms with E-state index in [0.29, 0.717) is 16.8 Å². The molecule has 0 unspecified atom stereocenters. The van der Waals surface area contributed by atoms with Crippen LogP contribution in [0.4, 0.5) is 5.69 Å². The van der Waals surface area contributed by atoms with E-state index in [-0.39, 0.29) is 11.8 Å². The molecule has 0 bridgehead atoms. The largest absolute Gasteiger partial charge is 0.465 e. The van der Waals surface area contributed by atoms with E-state index in [9.17, 15) is 9.59 Å². The van der Waals surface area contributed by atoms with Gasteiger partial charge in [0.25, 0.3) is 0 Å². The Hall–Kier alpha value is -1.55. The fourth-order valence-corrected chi connectivity index (χ4v) is 1.72. The van der Waals surface area contributed by atoms with Gasteiger partial charge in [0.2, 0.25) is 5.91 Å². The van der Waals surface area contributed by atoms with Gasteiger partial charge in [-0.25, -0.2) is 4.79 Å². The molecule has 4 nitrogen and oxygen atoms in total. The Labute approximate surface area is 105 Å². The van der Waals surface area contributed by atoms with Gasteiger partial charge in [0, 0.05) is 12.7 Å². The molecule has 0 fully saturated rings. The van der Waals surface area contributed by atoms with Crippen molar-refractivity contribution in [2.45, 2.75) is 6.92 Å². The summed E-state index contributed by atoms with van der Waals surface area (Å²) in [4.78, 5) is 24.4. The standard InChI is InChI=1S/C12H14ClNO3/c1-8-9(12(16)17-3)5-4-6-10(8)14(2)11(15)7-13/h4-6H,7H2,1-3H3. The van der Waals surface area contributed by atoms with E-state index in [0.717, 1.165) is 0 Å². The molecule has 92 valence electrons. The Morgan fingerprint density at radius 1 is 1.41 bits per heavy atom. The fourth-order valence-electron chi connectivity index (χ4n) is 1.54. The van der Waals surface area contributed by atoms with Crippen molar-refractivity contribution >= 4 is 29.2 Å². The molecule has 0 heterocycles. The third kappa shape index (κ3) is 2.77. The third-order valence-electron chi connectivity index (χ3n) is 2.56. The van der Waals surface area contributed by atoms with Crippen LogP contribution in [0.1, 0.15) is 15.9 Å². The normalized spacial score (nSPS) is 9.88. The van der Waals surface area contributed by atoms with Crippen LogP contribution in [0.15, 0.2) is 18.2 Å². The van der Waals surface area contributed by atoms with Gasteiger partial charge in [0.15, 0.2) is 0 Å². The molecule has 0 atom stereocenters. The van der Waals surface area contributed by atoms with Crippen LogP contribution in [0.5, 0.6) is 0 Å². The highest BCUT2D eigenvalue weighted by Gasteiger charge is 2.16. The first-order valence-electron chi connectivity index (χ1n) is 5.03. The van der Waals surface area contributed by atoms with E-state index in [1.54, 1.807) is 32.2 Å². The number of carbonyl (C=O) groups is 2. The van der Waals surface area contributed by atoms with Gasteiger partial charge in [-0.3, -0.25) is 4.79 Å². The average Bonchev–Trinajstić information content (AvgIpc) is 2.36. The monoisotopic (exact) mass is 255 g/mol. The summed E-state index contributed by atoms with van der Waals surface area (Å²) in [5.74, 6) is -0.744. The Bertz CT molecular complexity index is 445. The van der Waals surface area contributed by atoms with Crippen molar-refractivity contribution in [3.8, 4) is 0 Å².